The third-order valence-corrected chi connectivity index (χ3v) is 10.0. The van der Waals surface area contributed by atoms with Crippen molar-refractivity contribution in [2.75, 3.05) is 21.3 Å². The van der Waals surface area contributed by atoms with E-state index in [9.17, 15) is 0 Å². The Bertz CT molecular complexity index is 810. The average Bonchev–Trinajstić information content (AvgIpc) is 2.84. The number of thioether (sulfide) groups is 3. The highest BCUT2D eigenvalue weighted by Gasteiger charge is 2.33. The van der Waals surface area contributed by atoms with Crippen LogP contribution in [0, 0.1) is 0 Å². The monoisotopic (exact) mass is 456 g/mol. The van der Waals surface area contributed by atoms with Crippen LogP contribution in [-0.2, 0) is 0 Å². The van der Waals surface area contributed by atoms with Crippen LogP contribution in [0.3, 0.4) is 0 Å². The Morgan fingerprint density at radius 1 is 0.433 bits per heavy atom. The molecule has 0 saturated carbocycles. The zero-order valence-corrected chi connectivity index (χ0v) is 19.6. The van der Waals surface area contributed by atoms with Crippen LogP contribution >= 0.6 is 35.3 Å². The number of hydrogen-bond acceptors (Lipinski definition) is 6. The van der Waals surface area contributed by atoms with Gasteiger partial charge in [-0.05, 0) is 53.1 Å². The van der Waals surface area contributed by atoms with E-state index in [2.05, 4.69) is 36.4 Å². The zero-order valence-electron chi connectivity index (χ0n) is 17.1. The van der Waals surface area contributed by atoms with E-state index in [1.165, 1.54) is 16.7 Å². The minimum absolute atomic E-state index is 0.330. The minimum Gasteiger partial charge on any atom is -0.497 e. The molecule has 3 aromatic rings. The predicted molar refractivity (Wildman–Crippen MR) is 130 cm³/mol. The Morgan fingerprint density at radius 3 is 0.867 bits per heavy atom. The Hall–Kier alpha value is -1.89. The van der Waals surface area contributed by atoms with Crippen molar-refractivity contribution < 1.29 is 14.2 Å². The third kappa shape index (κ3) is 4.88. The summed E-state index contributed by atoms with van der Waals surface area (Å²) in [7, 11) is 5.11. The van der Waals surface area contributed by atoms with E-state index >= 15 is 0 Å². The predicted octanol–water partition coefficient (Wildman–Crippen LogP) is 7.32. The Balaban J connectivity index is 1.63. The molecule has 156 valence electrons. The summed E-state index contributed by atoms with van der Waals surface area (Å²) in [6, 6.07) is 25.3. The first-order valence-electron chi connectivity index (χ1n) is 9.58. The van der Waals surface area contributed by atoms with Gasteiger partial charge in [0.25, 0.3) is 0 Å². The Kier molecular flexibility index (Phi) is 7.08. The lowest BCUT2D eigenvalue weighted by Crippen LogP contribution is -2.06. The average molecular weight is 457 g/mol. The second-order valence-electron chi connectivity index (χ2n) is 6.72. The highest BCUT2D eigenvalue weighted by Crippen LogP contribution is 2.66. The maximum atomic E-state index is 5.34. The van der Waals surface area contributed by atoms with Gasteiger partial charge in [-0.1, -0.05) is 36.4 Å². The van der Waals surface area contributed by atoms with Crippen LogP contribution in [0.5, 0.6) is 17.2 Å². The van der Waals surface area contributed by atoms with Crippen LogP contribution in [0.1, 0.15) is 30.4 Å². The molecule has 4 rings (SSSR count). The smallest absolute Gasteiger partial charge is 0.118 e. The number of benzene rings is 3. The highest BCUT2D eigenvalue weighted by molar-refractivity contribution is 8.32. The maximum Gasteiger partial charge on any atom is 0.118 e. The number of ether oxygens (including phenoxy) is 3. The van der Waals surface area contributed by atoms with E-state index in [1.807, 2.05) is 71.7 Å². The van der Waals surface area contributed by atoms with Crippen molar-refractivity contribution in [3.63, 3.8) is 0 Å². The first-order valence-corrected chi connectivity index (χ1v) is 12.4. The van der Waals surface area contributed by atoms with E-state index in [4.69, 9.17) is 14.2 Å². The molecular weight excluding hydrogens is 432 g/mol. The molecular formula is C24H24O3S3. The van der Waals surface area contributed by atoms with E-state index in [1.54, 1.807) is 21.3 Å². The first kappa shape index (κ1) is 21.3. The van der Waals surface area contributed by atoms with Crippen LogP contribution in [-0.4, -0.2) is 21.3 Å². The molecule has 0 aromatic heterocycles. The number of rotatable bonds is 6. The molecule has 6 heteroatoms. The van der Waals surface area contributed by atoms with Crippen LogP contribution in [0.15, 0.2) is 72.8 Å². The fraction of sp³-hybridized carbons (Fsp3) is 0.250. The van der Waals surface area contributed by atoms with Gasteiger partial charge in [0.15, 0.2) is 0 Å². The number of hydrogen-bond donors (Lipinski definition) is 0. The maximum absolute atomic E-state index is 5.34. The largest absolute Gasteiger partial charge is 0.497 e. The lowest BCUT2D eigenvalue weighted by atomic mass is 10.2. The molecule has 3 aromatic carbocycles. The summed E-state index contributed by atoms with van der Waals surface area (Å²) in [5.41, 5.74) is 3.93. The summed E-state index contributed by atoms with van der Waals surface area (Å²) in [6.07, 6.45) is 0. The molecule has 1 fully saturated rings. The van der Waals surface area contributed by atoms with Gasteiger partial charge in [0, 0.05) is 0 Å². The minimum atomic E-state index is 0.330. The normalized spacial score (nSPS) is 21.1. The van der Waals surface area contributed by atoms with Gasteiger partial charge in [-0.2, -0.15) is 0 Å². The topological polar surface area (TPSA) is 27.7 Å². The molecule has 0 aliphatic carbocycles. The van der Waals surface area contributed by atoms with Crippen molar-refractivity contribution in [1.29, 1.82) is 0 Å². The van der Waals surface area contributed by atoms with Crippen molar-refractivity contribution in [2.24, 2.45) is 0 Å². The van der Waals surface area contributed by atoms with Gasteiger partial charge < -0.3 is 14.2 Å². The molecule has 0 amide bonds. The van der Waals surface area contributed by atoms with Crippen molar-refractivity contribution in [3.8, 4) is 17.2 Å². The van der Waals surface area contributed by atoms with E-state index in [0.717, 1.165) is 17.2 Å². The van der Waals surface area contributed by atoms with E-state index < -0.39 is 0 Å². The van der Waals surface area contributed by atoms with Gasteiger partial charge in [-0.15, -0.1) is 35.3 Å². The summed E-state index contributed by atoms with van der Waals surface area (Å²) >= 11 is 5.97. The number of methoxy groups -OCH3 is 3. The fourth-order valence-electron chi connectivity index (χ4n) is 3.19. The Labute approximate surface area is 190 Å². The van der Waals surface area contributed by atoms with E-state index in [-0.39, 0.29) is 0 Å². The zero-order chi connectivity index (χ0) is 20.9. The molecule has 0 atom stereocenters. The molecule has 0 unspecified atom stereocenters. The lowest BCUT2D eigenvalue weighted by molar-refractivity contribution is 0.414. The van der Waals surface area contributed by atoms with Gasteiger partial charge in [-0.3, -0.25) is 0 Å². The van der Waals surface area contributed by atoms with Gasteiger partial charge in [0.05, 0.1) is 35.1 Å². The Morgan fingerprint density at radius 2 is 0.667 bits per heavy atom. The summed E-state index contributed by atoms with van der Waals surface area (Å²) in [6.45, 7) is 0. The van der Waals surface area contributed by atoms with Crippen LogP contribution in [0.25, 0.3) is 0 Å². The van der Waals surface area contributed by atoms with Crippen molar-refractivity contribution >= 4 is 35.3 Å². The highest BCUT2D eigenvalue weighted by atomic mass is 32.3. The summed E-state index contributed by atoms with van der Waals surface area (Å²) in [5.74, 6) is 2.66. The molecule has 1 aliphatic heterocycles. The van der Waals surface area contributed by atoms with Gasteiger partial charge in [0.1, 0.15) is 17.2 Å². The summed E-state index contributed by atoms with van der Waals surface area (Å²) < 4.78 is 17.0. The van der Waals surface area contributed by atoms with Crippen LogP contribution in [0.2, 0.25) is 0 Å². The second-order valence-corrected chi connectivity index (χ2v) is 11.3. The molecule has 0 bridgehead atoms. The van der Waals surface area contributed by atoms with Crippen molar-refractivity contribution in [2.45, 2.75) is 13.7 Å². The van der Waals surface area contributed by atoms with Crippen molar-refractivity contribution in [1.82, 2.24) is 0 Å². The van der Waals surface area contributed by atoms with E-state index in [0.29, 0.717) is 13.7 Å². The second kappa shape index (κ2) is 9.94. The molecule has 0 N–H and O–H groups in total. The molecule has 1 saturated heterocycles. The van der Waals surface area contributed by atoms with Gasteiger partial charge in [0.2, 0.25) is 0 Å². The molecule has 1 heterocycles. The molecule has 0 spiro atoms. The standard InChI is InChI=1S/C24H24O3S3/c1-25-19-10-4-16(5-11-19)22-28-23(17-6-12-20(26-2)13-7-17)30-24(29-22)18-8-14-21(27-3)15-9-18/h4-15,22-24H,1-3H3. The van der Waals surface area contributed by atoms with Gasteiger partial charge in [-0.25, -0.2) is 0 Å². The van der Waals surface area contributed by atoms with Crippen LogP contribution < -0.4 is 14.2 Å². The lowest BCUT2D eigenvalue weighted by Gasteiger charge is -2.34. The quantitative estimate of drug-likeness (QED) is 0.386. The SMILES string of the molecule is COc1ccc(C2SC(c3ccc(OC)cc3)SC(c3ccc(OC)cc3)S2)cc1. The fourth-order valence-corrected chi connectivity index (χ4v) is 9.15. The van der Waals surface area contributed by atoms with Crippen LogP contribution in [0.4, 0.5) is 0 Å². The summed E-state index contributed by atoms with van der Waals surface area (Å²) in [5, 5.41) is 0. The molecule has 1 aliphatic rings. The summed E-state index contributed by atoms with van der Waals surface area (Å²) in [4.78, 5) is 0. The third-order valence-electron chi connectivity index (χ3n) is 4.91. The molecule has 30 heavy (non-hydrogen) atoms. The van der Waals surface area contributed by atoms with Gasteiger partial charge >= 0.3 is 0 Å². The molecule has 3 nitrogen and oxygen atoms in total. The molecule has 0 radical (unpaired) electrons. The van der Waals surface area contributed by atoms with Crippen molar-refractivity contribution in [3.05, 3.63) is 89.5 Å². The first-order chi connectivity index (χ1) is 14.7.